The topological polar surface area (TPSA) is 92.0 Å². The molecule has 3 rings (SSSR count). The van der Waals surface area contributed by atoms with Gasteiger partial charge in [0.2, 0.25) is 17.8 Å². The Morgan fingerprint density at radius 1 is 1.38 bits per heavy atom. The molecule has 8 nitrogen and oxygen atoms in total. The lowest BCUT2D eigenvalue weighted by Gasteiger charge is -2.22. The van der Waals surface area contributed by atoms with E-state index in [-0.39, 0.29) is 6.61 Å². The number of hydrogen-bond donors (Lipinski definition) is 2. The van der Waals surface area contributed by atoms with Crippen molar-refractivity contribution in [3.05, 3.63) is 18.7 Å². The molecule has 2 N–H and O–H groups in total. The van der Waals surface area contributed by atoms with Crippen LogP contribution in [-0.2, 0) is 0 Å². The van der Waals surface area contributed by atoms with E-state index in [0.717, 1.165) is 19.4 Å². The molecular formula is C13H19N7O. The van der Waals surface area contributed by atoms with Crippen molar-refractivity contribution >= 4 is 11.9 Å². The first kappa shape index (κ1) is 13.7. The van der Waals surface area contributed by atoms with Crippen molar-refractivity contribution in [2.45, 2.75) is 25.8 Å². The van der Waals surface area contributed by atoms with E-state index in [9.17, 15) is 5.11 Å². The smallest absolute Gasteiger partial charge is 0.241 e. The maximum absolute atomic E-state index is 9.26. The minimum Gasteiger partial charge on any atom is -0.395 e. The second-order valence-corrected chi connectivity index (χ2v) is 4.91. The molecule has 0 radical (unpaired) electrons. The highest BCUT2D eigenvalue weighted by molar-refractivity contribution is 5.42. The maximum Gasteiger partial charge on any atom is 0.241 e. The van der Waals surface area contributed by atoms with Crippen molar-refractivity contribution in [2.24, 2.45) is 0 Å². The van der Waals surface area contributed by atoms with Gasteiger partial charge in [-0.2, -0.15) is 15.0 Å². The van der Waals surface area contributed by atoms with E-state index in [0.29, 0.717) is 30.4 Å². The molecule has 0 aliphatic heterocycles. The van der Waals surface area contributed by atoms with Gasteiger partial charge in [-0.25, -0.2) is 4.98 Å². The molecule has 2 heterocycles. The van der Waals surface area contributed by atoms with Gasteiger partial charge >= 0.3 is 0 Å². The van der Waals surface area contributed by atoms with E-state index >= 15 is 0 Å². The monoisotopic (exact) mass is 289 g/mol. The summed E-state index contributed by atoms with van der Waals surface area (Å²) in [4.78, 5) is 19.4. The van der Waals surface area contributed by atoms with Crippen LogP contribution in [0.4, 0.5) is 11.9 Å². The number of anilines is 2. The number of nitrogens with zero attached hydrogens (tertiary/aromatic N) is 6. The van der Waals surface area contributed by atoms with Crippen LogP contribution in [0.2, 0.25) is 0 Å². The van der Waals surface area contributed by atoms with Gasteiger partial charge in [0, 0.05) is 31.5 Å². The minimum absolute atomic E-state index is 0.0825. The summed E-state index contributed by atoms with van der Waals surface area (Å²) >= 11 is 0. The third-order valence-corrected chi connectivity index (χ3v) is 3.27. The van der Waals surface area contributed by atoms with Crippen LogP contribution in [0.5, 0.6) is 0 Å². The Morgan fingerprint density at radius 3 is 2.86 bits per heavy atom. The zero-order valence-corrected chi connectivity index (χ0v) is 12.0. The standard InChI is InChI=1S/C13H19N7O/c1-2-15-11-16-12(19-6-5-14-9-19)18-13(17-11)20(7-8-21)10-3-4-10/h5-6,9-10,21H,2-4,7-8H2,1H3,(H,15,16,17,18). The van der Waals surface area contributed by atoms with Gasteiger partial charge in [-0.1, -0.05) is 0 Å². The van der Waals surface area contributed by atoms with E-state index < -0.39 is 0 Å². The highest BCUT2D eigenvalue weighted by atomic mass is 16.3. The molecule has 0 amide bonds. The Balaban J connectivity index is 1.97. The summed E-state index contributed by atoms with van der Waals surface area (Å²) in [5.74, 6) is 1.66. The molecule has 2 aromatic rings. The molecule has 0 aromatic carbocycles. The van der Waals surface area contributed by atoms with Crippen LogP contribution >= 0.6 is 0 Å². The third kappa shape index (κ3) is 3.10. The maximum atomic E-state index is 9.26. The molecule has 0 saturated heterocycles. The molecule has 0 unspecified atom stereocenters. The minimum atomic E-state index is 0.0825. The fourth-order valence-electron chi connectivity index (χ4n) is 2.15. The first-order valence-electron chi connectivity index (χ1n) is 7.17. The fourth-order valence-corrected chi connectivity index (χ4v) is 2.15. The summed E-state index contributed by atoms with van der Waals surface area (Å²) in [6, 6.07) is 0.421. The molecule has 0 spiro atoms. The Bertz CT molecular complexity index is 582. The lowest BCUT2D eigenvalue weighted by Crippen LogP contribution is -2.31. The van der Waals surface area contributed by atoms with Crippen molar-refractivity contribution < 1.29 is 5.11 Å². The summed E-state index contributed by atoms with van der Waals surface area (Å²) in [5, 5.41) is 12.4. The van der Waals surface area contributed by atoms with Crippen LogP contribution in [0.15, 0.2) is 18.7 Å². The lowest BCUT2D eigenvalue weighted by molar-refractivity contribution is 0.300. The summed E-state index contributed by atoms with van der Waals surface area (Å²) < 4.78 is 1.75. The van der Waals surface area contributed by atoms with Gasteiger partial charge in [-0.3, -0.25) is 4.57 Å². The Hall–Kier alpha value is -2.22. The number of nitrogens with one attached hydrogen (secondary N) is 1. The van der Waals surface area contributed by atoms with Crippen LogP contribution in [0.3, 0.4) is 0 Å². The van der Waals surface area contributed by atoms with Crippen LogP contribution < -0.4 is 10.2 Å². The largest absolute Gasteiger partial charge is 0.395 e. The van der Waals surface area contributed by atoms with Gasteiger partial charge < -0.3 is 15.3 Å². The van der Waals surface area contributed by atoms with E-state index in [1.807, 2.05) is 11.8 Å². The van der Waals surface area contributed by atoms with E-state index in [1.165, 1.54) is 0 Å². The third-order valence-electron chi connectivity index (χ3n) is 3.27. The number of aliphatic hydroxyl groups is 1. The SMILES string of the molecule is CCNc1nc(N(CCO)C2CC2)nc(-n2ccnc2)n1. The lowest BCUT2D eigenvalue weighted by atomic mass is 10.5. The van der Waals surface area contributed by atoms with E-state index in [1.54, 1.807) is 23.3 Å². The molecule has 1 fully saturated rings. The van der Waals surface area contributed by atoms with Crippen LogP contribution in [0.25, 0.3) is 5.95 Å². The highest BCUT2D eigenvalue weighted by Gasteiger charge is 2.31. The summed E-state index contributed by atoms with van der Waals surface area (Å²) in [7, 11) is 0. The molecule has 1 saturated carbocycles. The molecule has 2 aromatic heterocycles. The van der Waals surface area contributed by atoms with Gasteiger partial charge in [-0.05, 0) is 19.8 Å². The molecule has 1 aliphatic rings. The second kappa shape index (κ2) is 6.04. The van der Waals surface area contributed by atoms with Gasteiger partial charge in [0.15, 0.2) is 0 Å². The number of aliphatic hydroxyl groups excluding tert-OH is 1. The van der Waals surface area contributed by atoms with Gasteiger partial charge in [0.1, 0.15) is 6.33 Å². The van der Waals surface area contributed by atoms with Crippen LogP contribution in [0.1, 0.15) is 19.8 Å². The van der Waals surface area contributed by atoms with Crippen molar-refractivity contribution in [1.82, 2.24) is 24.5 Å². The second-order valence-electron chi connectivity index (χ2n) is 4.91. The summed E-state index contributed by atoms with van der Waals surface area (Å²) in [5.41, 5.74) is 0. The number of imidazole rings is 1. The molecule has 112 valence electrons. The van der Waals surface area contributed by atoms with Crippen molar-refractivity contribution in [2.75, 3.05) is 29.9 Å². The van der Waals surface area contributed by atoms with Crippen molar-refractivity contribution in [1.29, 1.82) is 0 Å². The highest BCUT2D eigenvalue weighted by Crippen LogP contribution is 2.30. The molecule has 0 atom stereocenters. The van der Waals surface area contributed by atoms with Gasteiger partial charge in [0.25, 0.3) is 0 Å². The quantitative estimate of drug-likeness (QED) is 0.764. The molecule has 8 heteroatoms. The summed E-state index contributed by atoms with van der Waals surface area (Å²) in [6.45, 7) is 3.34. The normalized spacial score (nSPS) is 14.2. The van der Waals surface area contributed by atoms with Gasteiger partial charge in [-0.15, -0.1) is 0 Å². The fraction of sp³-hybridized carbons (Fsp3) is 0.538. The summed E-state index contributed by atoms with van der Waals surface area (Å²) in [6.07, 6.45) is 7.36. The Morgan fingerprint density at radius 2 is 2.24 bits per heavy atom. The Labute approximate surface area is 122 Å². The first-order chi connectivity index (χ1) is 10.3. The molecule has 21 heavy (non-hydrogen) atoms. The number of hydrogen-bond acceptors (Lipinski definition) is 7. The predicted molar refractivity (Wildman–Crippen MR) is 78.6 cm³/mol. The average molecular weight is 289 g/mol. The van der Waals surface area contributed by atoms with E-state index in [2.05, 4.69) is 25.3 Å². The van der Waals surface area contributed by atoms with Crippen LogP contribution in [-0.4, -0.2) is 55.3 Å². The molecular weight excluding hydrogens is 270 g/mol. The molecule has 0 bridgehead atoms. The van der Waals surface area contributed by atoms with Crippen LogP contribution in [0, 0.1) is 0 Å². The predicted octanol–water partition coefficient (Wildman–Crippen LogP) is 0.450. The number of rotatable bonds is 7. The average Bonchev–Trinajstić information content (AvgIpc) is 3.17. The van der Waals surface area contributed by atoms with Crippen molar-refractivity contribution in [3.63, 3.8) is 0 Å². The number of aromatic nitrogens is 5. The molecule has 1 aliphatic carbocycles. The Kier molecular flexibility index (Phi) is 3.96. The van der Waals surface area contributed by atoms with Gasteiger partial charge in [0.05, 0.1) is 6.61 Å². The van der Waals surface area contributed by atoms with E-state index in [4.69, 9.17) is 0 Å². The zero-order valence-electron chi connectivity index (χ0n) is 12.0. The zero-order chi connectivity index (χ0) is 14.7. The first-order valence-corrected chi connectivity index (χ1v) is 7.17. The van der Waals surface area contributed by atoms with Crippen molar-refractivity contribution in [3.8, 4) is 5.95 Å².